The first-order valence-electron chi connectivity index (χ1n) is 8.46. The van der Waals surface area contributed by atoms with Crippen LogP contribution in [0.1, 0.15) is 61.7 Å². The topological polar surface area (TPSA) is 45.2 Å². The van der Waals surface area contributed by atoms with Gasteiger partial charge >= 0.3 is 0 Å². The molecule has 1 aromatic heterocycles. The Balaban J connectivity index is 1.77. The number of rotatable bonds is 3. The smallest absolute Gasteiger partial charge is 0.255 e. The van der Waals surface area contributed by atoms with Gasteiger partial charge in [0.05, 0.1) is 5.56 Å². The molecule has 1 aliphatic carbocycles. The molecular weight excluding hydrogens is 298 g/mol. The molecule has 0 spiro atoms. The number of amides is 1. The number of hydrogen-bond donors (Lipinski definition) is 1. The lowest BCUT2D eigenvalue weighted by atomic mass is 9.95. The van der Waals surface area contributed by atoms with E-state index in [4.69, 9.17) is 11.6 Å². The van der Waals surface area contributed by atoms with Crippen molar-refractivity contribution < 1.29 is 4.79 Å². The molecule has 1 aromatic rings. The van der Waals surface area contributed by atoms with Crippen molar-refractivity contribution in [3.63, 3.8) is 0 Å². The number of anilines is 1. The van der Waals surface area contributed by atoms with Crippen LogP contribution in [0.5, 0.6) is 0 Å². The minimum atomic E-state index is -0.00311. The third kappa shape index (κ3) is 3.72. The molecular formula is C17H24ClN3O. The van der Waals surface area contributed by atoms with Crippen LogP contribution in [0.4, 0.5) is 5.82 Å². The van der Waals surface area contributed by atoms with Crippen LogP contribution in [0.3, 0.4) is 0 Å². The third-order valence-corrected chi connectivity index (χ3v) is 4.89. The fourth-order valence-corrected chi connectivity index (χ4v) is 3.60. The number of nitrogens with one attached hydrogen (secondary N) is 1. The fraction of sp³-hybridized carbons (Fsp3) is 0.647. The number of pyridine rings is 1. The van der Waals surface area contributed by atoms with Gasteiger partial charge in [0.1, 0.15) is 11.0 Å². The van der Waals surface area contributed by atoms with Gasteiger partial charge < -0.3 is 10.2 Å². The van der Waals surface area contributed by atoms with Gasteiger partial charge in [-0.3, -0.25) is 4.79 Å². The quantitative estimate of drug-likeness (QED) is 0.862. The highest BCUT2D eigenvalue weighted by atomic mass is 35.5. The van der Waals surface area contributed by atoms with Crippen LogP contribution < -0.4 is 10.2 Å². The van der Waals surface area contributed by atoms with E-state index in [0.29, 0.717) is 16.8 Å². The van der Waals surface area contributed by atoms with Gasteiger partial charge in [-0.1, -0.05) is 30.9 Å². The summed E-state index contributed by atoms with van der Waals surface area (Å²) in [6, 6.07) is 3.84. The first-order chi connectivity index (χ1) is 10.7. The summed E-state index contributed by atoms with van der Waals surface area (Å²) >= 11 is 6.06. The number of carbonyl (C=O) groups is 1. The molecule has 0 aromatic carbocycles. The van der Waals surface area contributed by atoms with Gasteiger partial charge in [0.25, 0.3) is 5.91 Å². The van der Waals surface area contributed by atoms with E-state index in [1.54, 1.807) is 6.07 Å². The van der Waals surface area contributed by atoms with Crippen LogP contribution in [0.25, 0.3) is 0 Å². The monoisotopic (exact) mass is 321 g/mol. The van der Waals surface area contributed by atoms with Crippen LogP contribution in [0.15, 0.2) is 12.1 Å². The summed E-state index contributed by atoms with van der Waals surface area (Å²) in [4.78, 5) is 19.3. The lowest BCUT2D eigenvalue weighted by Crippen LogP contribution is -2.38. The van der Waals surface area contributed by atoms with Crippen molar-refractivity contribution in [3.05, 3.63) is 22.8 Å². The second-order valence-corrected chi connectivity index (χ2v) is 6.75. The maximum Gasteiger partial charge on any atom is 0.255 e. The molecule has 4 nitrogen and oxygen atoms in total. The van der Waals surface area contributed by atoms with Crippen molar-refractivity contribution in [1.29, 1.82) is 0 Å². The van der Waals surface area contributed by atoms with Gasteiger partial charge in [-0.2, -0.15) is 0 Å². The minimum absolute atomic E-state index is 0.00311. The Kier molecular flexibility index (Phi) is 5.19. The molecule has 2 heterocycles. The predicted molar refractivity (Wildman–Crippen MR) is 89.7 cm³/mol. The molecule has 1 saturated carbocycles. The van der Waals surface area contributed by atoms with Crippen LogP contribution in [-0.2, 0) is 0 Å². The Labute approximate surface area is 137 Å². The van der Waals surface area contributed by atoms with Crippen LogP contribution >= 0.6 is 11.6 Å². The molecule has 0 unspecified atom stereocenters. The van der Waals surface area contributed by atoms with Crippen molar-refractivity contribution >= 4 is 23.3 Å². The van der Waals surface area contributed by atoms with Gasteiger partial charge in [-0.25, -0.2) is 4.98 Å². The molecule has 2 aliphatic rings. The minimum Gasteiger partial charge on any atom is -0.356 e. The summed E-state index contributed by atoms with van der Waals surface area (Å²) in [5.74, 6) is 0.747. The molecule has 3 rings (SSSR count). The normalized spacial score (nSPS) is 20.0. The van der Waals surface area contributed by atoms with E-state index in [0.717, 1.165) is 44.6 Å². The zero-order chi connectivity index (χ0) is 15.4. The summed E-state index contributed by atoms with van der Waals surface area (Å²) in [6.45, 7) is 1.91. The largest absolute Gasteiger partial charge is 0.356 e. The molecule has 1 saturated heterocycles. The maximum absolute atomic E-state index is 12.7. The average Bonchev–Trinajstić information content (AvgIpc) is 2.56. The van der Waals surface area contributed by atoms with Crippen molar-refractivity contribution in [2.24, 2.45) is 0 Å². The predicted octanol–water partition coefficient (Wildman–Crippen LogP) is 3.79. The molecule has 1 amide bonds. The van der Waals surface area contributed by atoms with E-state index in [1.807, 2.05) is 6.07 Å². The Bertz CT molecular complexity index is 523. The van der Waals surface area contributed by atoms with E-state index in [1.165, 1.54) is 25.7 Å². The molecule has 120 valence electrons. The molecule has 1 aliphatic heterocycles. The fourth-order valence-electron chi connectivity index (χ4n) is 3.46. The number of hydrogen-bond acceptors (Lipinski definition) is 3. The molecule has 5 heteroatoms. The van der Waals surface area contributed by atoms with E-state index >= 15 is 0 Å². The van der Waals surface area contributed by atoms with Gasteiger partial charge in [-0.05, 0) is 44.2 Å². The first kappa shape index (κ1) is 15.6. The number of halogens is 1. The second-order valence-electron chi connectivity index (χ2n) is 6.36. The highest BCUT2D eigenvalue weighted by Gasteiger charge is 2.23. The first-order valence-corrected chi connectivity index (χ1v) is 8.84. The summed E-state index contributed by atoms with van der Waals surface area (Å²) < 4.78 is 0. The van der Waals surface area contributed by atoms with Crippen LogP contribution in [-0.4, -0.2) is 30.0 Å². The molecule has 0 radical (unpaired) electrons. The van der Waals surface area contributed by atoms with Gasteiger partial charge in [0, 0.05) is 19.1 Å². The maximum atomic E-state index is 12.7. The van der Waals surface area contributed by atoms with E-state index in [2.05, 4.69) is 15.2 Å². The Morgan fingerprint density at radius 2 is 1.77 bits per heavy atom. The average molecular weight is 322 g/mol. The molecule has 0 bridgehead atoms. The van der Waals surface area contributed by atoms with Crippen LogP contribution in [0.2, 0.25) is 5.15 Å². The van der Waals surface area contributed by atoms with Crippen molar-refractivity contribution in [3.8, 4) is 0 Å². The van der Waals surface area contributed by atoms with E-state index in [-0.39, 0.29) is 5.91 Å². The van der Waals surface area contributed by atoms with Gasteiger partial charge in [-0.15, -0.1) is 0 Å². The molecule has 22 heavy (non-hydrogen) atoms. The summed E-state index contributed by atoms with van der Waals surface area (Å²) in [5, 5.41) is 3.64. The Morgan fingerprint density at radius 3 is 2.50 bits per heavy atom. The third-order valence-electron chi connectivity index (χ3n) is 4.68. The number of piperidine rings is 1. The highest BCUT2D eigenvalue weighted by molar-refractivity contribution is 6.29. The van der Waals surface area contributed by atoms with Crippen molar-refractivity contribution in [2.75, 3.05) is 18.0 Å². The van der Waals surface area contributed by atoms with Crippen LogP contribution in [0, 0.1) is 0 Å². The van der Waals surface area contributed by atoms with Crippen molar-refractivity contribution in [1.82, 2.24) is 10.3 Å². The summed E-state index contributed by atoms with van der Waals surface area (Å²) in [7, 11) is 0. The van der Waals surface area contributed by atoms with E-state index < -0.39 is 0 Å². The Morgan fingerprint density at radius 1 is 1.09 bits per heavy atom. The van der Waals surface area contributed by atoms with Gasteiger partial charge in [0.2, 0.25) is 0 Å². The Hall–Kier alpha value is -1.29. The molecule has 1 N–H and O–H groups in total. The highest BCUT2D eigenvalue weighted by Crippen LogP contribution is 2.25. The van der Waals surface area contributed by atoms with Crippen molar-refractivity contribution in [2.45, 2.75) is 57.4 Å². The summed E-state index contributed by atoms with van der Waals surface area (Å²) in [6.07, 6.45) is 9.44. The zero-order valence-corrected chi connectivity index (χ0v) is 13.7. The molecule has 0 atom stereocenters. The lowest BCUT2D eigenvalue weighted by molar-refractivity contribution is 0.0928. The standard InChI is InChI=1S/C17H24ClN3O/c18-15-10-9-14(16(20-15)21-11-5-2-6-12-21)17(22)19-13-7-3-1-4-8-13/h9-10,13H,1-8,11-12H2,(H,19,22). The second kappa shape index (κ2) is 7.32. The number of nitrogens with zero attached hydrogens (tertiary/aromatic N) is 2. The van der Waals surface area contributed by atoms with Gasteiger partial charge in [0.15, 0.2) is 0 Å². The SMILES string of the molecule is O=C(NC1CCCCC1)c1ccc(Cl)nc1N1CCCCC1. The number of aromatic nitrogens is 1. The van der Waals surface area contributed by atoms with E-state index in [9.17, 15) is 4.79 Å². The summed E-state index contributed by atoms with van der Waals surface area (Å²) in [5.41, 5.74) is 0.664. The zero-order valence-electron chi connectivity index (χ0n) is 13.0. The lowest BCUT2D eigenvalue weighted by Gasteiger charge is -2.30. The number of carbonyl (C=O) groups excluding carboxylic acids is 1. The molecule has 2 fully saturated rings.